The van der Waals surface area contributed by atoms with Crippen LogP contribution in [-0.2, 0) is 19.3 Å². The number of ether oxygens (including phenoxy) is 2. The van der Waals surface area contributed by atoms with Crippen LogP contribution in [0.25, 0.3) is 0 Å². The molecule has 2 heterocycles. The fourth-order valence-corrected chi connectivity index (χ4v) is 3.34. The van der Waals surface area contributed by atoms with Gasteiger partial charge < -0.3 is 14.4 Å². The molecular weight excluding hydrogens is 274 g/mol. The van der Waals surface area contributed by atoms with Crippen LogP contribution in [0.1, 0.15) is 22.3 Å². The maximum atomic E-state index is 5.57. The third-order valence-electron chi connectivity index (χ3n) is 4.72. The zero-order valence-corrected chi connectivity index (χ0v) is 13.0. The lowest BCUT2D eigenvalue weighted by atomic mass is 9.92. The van der Waals surface area contributed by atoms with E-state index in [1.807, 2.05) is 0 Å². The second kappa shape index (κ2) is 5.65. The lowest BCUT2D eigenvalue weighted by Gasteiger charge is -2.22. The number of nitrogens with zero attached hydrogens (tertiary/aromatic N) is 1. The standard InChI is InChI=1S/C19H21NO2/c1-20-8-6-14-4-2-3-5-15(14)10-17-12-19-18(21-13-22-19)11-16(17)7-9-20/h2-5,11-12H,6-10,13H2,1H3. The van der Waals surface area contributed by atoms with Gasteiger partial charge >= 0.3 is 0 Å². The highest BCUT2D eigenvalue weighted by atomic mass is 16.7. The fourth-order valence-electron chi connectivity index (χ4n) is 3.34. The largest absolute Gasteiger partial charge is 0.454 e. The molecule has 0 saturated carbocycles. The average molecular weight is 295 g/mol. The van der Waals surface area contributed by atoms with Crippen molar-refractivity contribution in [3.63, 3.8) is 0 Å². The quantitative estimate of drug-likeness (QED) is 0.745. The Labute approximate surface area is 131 Å². The molecule has 0 atom stereocenters. The maximum absolute atomic E-state index is 5.57. The Kier molecular flexibility index (Phi) is 3.51. The van der Waals surface area contributed by atoms with Gasteiger partial charge in [0.1, 0.15) is 0 Å². The molecule has 22 heavy (non-hydrogen) atoms. The SMILES string of the molecule is CN1CCc2ccccc2Cc2cc3c(cc2CC1)OCO3. The molecular formula is C19H21NO2. The topological polar surface area (TPSA) is 21.7 Å². The molecule has 0 aromatic heterocycles. The Balaban J connectivity index is 1.78. The lowest BCUT2D eigenvalue weighted by Crippen LogP contribution is -2.25. The van der Waals surface area contributed by atoms with Gasteiger partial charge in [0.2, 0.25) is 6.79 Å². The molecule has 2 aliphatic rings. The molecule has 114 valence electrons. The summed E-state index contributed by atoms with van der Waals surface area (Å²) in [7, 11) is 2.21. The van der Waals surface area contributed by atoms with Crippen molar-refractivity contribution in [2.75, 3.05) is 26.9 Å². The van der Waals surface area contributed by atoms with Gasteiger partial charge in [0.15, 0.2) is 11.5 Å². The molecule has 2 aliphatic heterocycles. The first kappa shape index (κ1) is 13.6. The van der Waals surface area contributed by atoms with Gasteiger partial charge in [0, 0.05) is 13.1 Å². The van der Waals surface area contributed by atoms with Crippen molar-refractivity contribution in [1.29, 1.82) is 0 Å². The van der Waals surface area contributed by atoms with Gasteiger partial charge in [-0.05, 0) is 60.7 Å². The number of hydrogen-bond donors (Lipinski definition) is 0. The van der Waals surface area contributed by atoms with E-state index in [0.29, 0.717) is 6.79 Å². The number of likely N-dealkylation sites (N-methyl/N-ethyl adjacent to an activating group) is 1. The van der Waals surface area contributed by atoms with E-state index in [1.54, 1.807) is 0 Å². The Morgan fingerprint density at radius 3 is 2.23 bits per heavy atom. The third kappa shape index (κ3) is 2.57. The number of fused-ring (bicyclic) bond motifs is 3. The van der Waals surface area contributed by atoms with Gasteiger partial charge in [-0.2, -0.15) is 0 Å². The van der Waals surface area contributed by atoms with E-state index in [2.05, 4.69) is 48.3 Å². The highest BCUT2D eigenvalue weighted by Gasteiger charge is 2.19. The fraction of sp³-hybridized carbons (Fsp3) is 0.368. The van der Waals surface area contributed by atoms with Crippen LogP contribution >= 0.6 is 0 Å². The molecule has 0 aliphatic carbocycles. The van der Waals surface area contributed by atoms with Crippen LogP contribution in [0.2, 0.25) is 0 Å². The van der Waals surface area contributed by atoms with Crippen molar-refractivity contribution < 1.29 is 9.47 Å². The van der Waals surface area contributed by atoms with Crippen LogP contribution in [-0.4, -0.2) is 31.8 Å². The van der Waals surface area contributed by atoms with Crippen molar-refractivity contribution in [2.24, 2.45) is 0 Å². The van der Waals surface area contributed by atoms with Crippen LogP contribution in [0, 0.1) is 0 Å². The lowest BCUT2D eigenvalue weighted by molar-refractivity contribution is 0.174. The Morgan fingerprint density at radius 2 is 1.45 bits per heavy atom. The van der Waals surface area contributed by atoms with Gasteiger partial charge in [-0.3, -0.25) is 0 Å². The molecule has 0 saturated heterocycles. The molecule has 0 amide bonds. The monoisotopic (exact) mass is 295 g/mol. The predicted molar refractivity (Wildman–Crippen MR) is 86.7 cm³/mol. The first-order valence-corrected chi connectivity index (χ1v) is 7.96. The molecule has 3 heteroatoms. The Morgan fingerprint density at radius 1 is 0.818 bits per heavy atom. The van der Waals surface area contributed by atoms with Crippen molar-refractivity contribution in [1.82, 2.24) is 4.90 Å². The minimum absolute atomic E-state index is 0.342. The average Bonchev–Trinajstić information content (AvgIpc) is 2.98. The highest BCUT2D eigenvalue weighted by Crippen LogP contribution is 2.36. The Bertz CT molecular complexity index is 696. The summed E-state index contributed by atoms with van der Waals surface area (Å²) in [5, 5.41) is 0. The van der Waals surface area contributed by atoms with Gasteiger partial charge in [-0.1, -0.05) is 24.3 Å². The van der Waals surface area contributed by atoms with E-state index in [4.69, 9.17) is 9.47 Å². The third-order valence-corrected chi connectivity index (χ3v) is 4.72. The summed E-state index contributed by atoms with van der Waals surface area (Å²) in [6.45, 7) is 2.53. The Hall–Kier alpha value is -2.00. The van der Waals surface area contributed by atoms with Crippen LogP contribution in [0.3, 0.4) is 0 Å². The van der Waals surface area contributed by atoms with Crippen LogP contribution in [0.4, 0.5) is 0 Å². The minimum atomic E-state index is 0.342. The van der Waals surface area contributed by atoms with Gasteiger partial charge in [-0.15, -0.1) is 0 Å². The van der Waals surface area contributed by atoms with Crippen molar-refractivity contribution in [3.05, 3.63) is 58.7 Å². The molecule has 0 fully saturated rings. The second-order valence-electron chi connectivity index (χ2n) is 6.22. The van der Waals surface area contributed by atoms with Crippen molar-refractivity contribution >= 4 is 0 Å². The van der Waals surface area contributed by atoms with E-state index in [-0.39, 0.29) is 0 Å². The maximum Gasteiger partial charge on any atom is 0.231 e. The highest BCUT2D eigenvalue weighted by molar-refractivity contribution is 5.50. The summed E-state index contributed by atoms with van der Waals surface area (Å²) < 4.78 is 11.1. The second-order valence-corrected chi connectivity index (χ2v) is 6.22. The normalized spacial score (nSPS) is 17.7. The summed E-state index contributed by atoms with van der Waals surface area (Å²) in [5.41, 5.74) is 5.64. The minimum Gasteiger partial charge on any atom is -0.454 e. The van der Waals surface area contributed by atoms with E-state index in [9.17, 15) is 0 Å². The summed E-state index contributed by atoms with van der Waals surface area (Å²) >= 11 is 0. The summed E-state index contributed by atoms with van der Waals surface area (Å²) in [4.78, 5) is 2.41. The summed E-state index contributed by atoms with van der Waals surface area (Å²) in [5.74, 6) is 1.79. The first-order chi connectivity index (χ1) is 10.8. The number of benzene rings is 2. The van der Waals surface area contributed by atoms with Crippen LogP contribution in [0.15, 0.2) is 36.4 Å². The summed E-state index contributed by atoms with van der Waals surface area (Å²) in [6.07, 6.45) is 3.16. The van der Waals surface area contributed by atoms with E-state index in [1.165, 1.54) is 22.3 Å². The zero-order chi connectivity index (χ0) is 14.9. The number of rotatable bonds is 0. The molecule has 0 spiro atoms. The van der Waals surface area contributed by atoms with Crippen molar-refractivity contribution in [3.8, 4) is 11.5 Å². The van der Waals surface area contributed by atoms with Crippen molar-refractivity contribution in [2.45, 2.75) is 19.3 Å². The van der Waals surface area contributed by atoms with Crippen LogP contribution < -0.4 is 9.47 Å². The first-order valence-electron chi connectivity index (χ1n) is 7.96. The predicted octanol–water partition coefficient (Wildman–Crippen LogP) is 3.04. The van der Waals surface area contributed by atoms with E-state index < -0.39 is 0 Å². The van der Waals surface area contributed by atoms with E-state index in [0.717, 1.165) is 43.9 Å². The molecule has 4 rings (SSSR count). The molecule has 0 N–H and O–H groups in total. The summed E-state index contributed by atoms with van der Waals surface area (Å²) in [6, 6.07) is 13.2. The van der Waals surface area contributed by atoms with Gasteiger partial charge in [-0.25, -0.2) is 0 Å². The molecule has 3 nitrogen and oxygen atoms in total. The molecule has 0 unspecified atom stereocenters. The molecule has 2 aromatic rings. The van der Waals surface area contributed by atoms with Crippen LogP contribution in [0.5, 0.6) is 11.5 Å². The number of hydrogen-bond acceptors (Lipinski definition) is 3. The van der Waals surface area contributed by atoms with E-state index >= 15 is 0 Å². The molecule has 0 bridgehead atoms. The van der Waals surface area contributed by atoms with Gasteiger partial charge in [0.25, 0.3) is 0 Å². The smallest absolute Gasteiger partial charge is 0.231 e. The van der Waals surface area contributed by atoms with Gasteiger partial charge in [0.05, 0.1) is 0 Å². The molecule has 0 radical (unpaired) electrons. The molecule has 2 aromatic carbocycles. The zero-order valence-electron chi connectivity index (χ0n) is 13.0.